The molecule has 0 amide bonds. The van der Waals surface area contributed by atoms with Crippen LogP contribution in [0.15, 0.2) is 42.7 Å². The van der Waals surface area contributed by atoms with Crippen molar-refractivity contribution in [3.8, 4) is 5.69 Å². The summed E-state index contributed by atoms with van der Waals surface area (Å²) in [5, 5.41) is 16.0. The lowest BCUT2D eigenvalue weighted by atomic mass is 10.3. The highest BCUT2D eigenvalue weighted by molar-refractivity contribution is 5.79. The molecule has 1 N–H and O–H groups in total. The predicted octanol–water partition coefficient (Wildman–Crippen LogP) is 1.69. The maximum Gasteiger partial charge on any atom is 0.155 e. The Bertz CT molecular complexity index is 844. The highest BCUT2D eigenvalue weighted by atomic mass is 15.4. The molecule has 1 aromatic carbocycles. The van der Waals surface area contributed by atoms with E-state index in [4.69, 9.17) is 0 Å². The Morgan fingerprint density at radius 1 is 1.11 bits per heavy atom. The van der Waals surface area contributed by atoms with Gasteiger partial charge in [0.15, 0.2) is 5.65 Å². The summed E-state index contributed by atoms with van der Waals surface area (Å²) in [5.41, 5.74) is 3.47. The summed E-state index contributed by atoms with van der Waals surface area (Å²) in [6, 6.07) is 9.80. The molecule has 4 rings (SSSR count). The Labute approximate surface area is 101 Å². The van der Waals surface area contributed by atoms with Crippen molar-refractivity contribution >= 4 is 22.1 Å². The average Bonchev–Trinajstić information content (AvgIpc) is 3.04. The van der Waals surface area contributed by atoms with Crippen molar-refractivity contribution in [3.63, 3.8) is 0 Å². The summed E-state index contributed by atoms with van der Waals surface area (Å²) in [6.07, 6.45) is 3.49. The number of nitrogens with zero attached hydrogens (tertiary/aromatic N) is 5. The minimum atomic E-state index is 0.767. The number of hydrogen-bond acceptors (Lipinski definition) is 4. The van der Waals surface area contributed by atoms with Crippen LogP contribution in [0, 0.1) is 0 Å². The third kappa shape index (κ3) is 1.22. The Balaban J connectivity index is 2.00. The number of para-hydroxylation sites is 1. The second-order valence-corrected chi connectivity index (χ2v) is 3.99. The fraction of sp³-hybridized carbons (Fsp3) is 0. The maximum absolute atomic E-state index is 4.30. The Kier molecular flexibility index (Phi) is 1.74. The van der Waals surface area contributed by atoms with E-state index in [2.05, 4.69) is 25.5 Å². The fourth-order valence-electron chi connectivity index (χ4n) is 2.00. The maximum atomic E-state index is 4.30. The van der Waals surface area contributed by atoms with E-state index >= 15 is 0 Å². The zero-order valence-electron chi connectivity index (χ0n) is 9.28. The Morgan fingerprint density at radius 2 is 2.06 bits per heavy atom. The number of aromatic amines is 1. The van der Waals surface area contributed by atoms with Crippen LogP contribution >= 0.6 is 0 Å². The van der Waals surface area contributed by atoms with Gasteiger partial charge in [0.05, 0.1) is 23.6 Å². The number of pyridine rings is 1. The highest BCUT2D eigenvalue weighted by Crippen LogP contribution is 2.17. The summed E-state index contributed by atoms with van der Waals surface area (Å²) < 4.78 is 1.77. The van der Waals surface area contributed by atoms with Crippen molar-refractivity contribution in [3.05, 3.63) is 42.7 Å². The lowest BCUT2D eigenvalue weighted by Crippen LogP contribution is -1.97. The van der Waals surface area contributed by atoms with Gasteiger partial charge in [-0.2, -0.15) is 5.10 Å². The lowest BCUT2D eigenvalue weighted by Gasteiger charge is -2.00. The van der Waals surface area contributed by atoms with E-state index in [9.17, 15) is 0 Å². The molecule has 4 aromatic rings. The van der Waals surface area contributed by atoms with Crippen LogP contribution in [0.3, 0.4) is 0 Å². The van der Waals surface area contributed by atoms with E-state index in [-0.39, 0.29) is 0 Å². The smallest absolute Gasteiger partial charge is 0.155 e. The summed E-state index contributed by atoms with van der Waals surface area (Å²) in [6.45, 7) is 0. The highest BCUT2D eigenvalue weighted by Gasteiger charge is 2.07. The van der Waals surface area contributed by atoms with Gasteiger partial charge in [-0.1, -0.05) is 17.3 Å². The van der Waals surface area contributed by atoms with Crippen molar-refractivity contribution < 1.29 is 0 Å². The first-order chi connectivity index (χ1) is 8.92. The number of nitrogens with one attached hydrogen (secondary N) is 1. The van der Waals surface area contributed by atoms with Crippen LogP contribution in [0.2, 0.25) is 0 Å². The fourth-order valence-corrected chi connectivity index (χ4v) is 2.00. The molecule has 0 saturated heterocycles. The van der Waals surface area contributed by atoms with Crippen LogP contribution in [0.5, 0.6) is 0 Å². The van der Waals surface area contributed by atoms with E-state index in [0.29, 0.717) is 0 Å². The quantitative estimate of drug-likeness (QED) is 0.546. The topological polar surface area (TPSA) is 72.3 Å². The van der Waals surface area contributed by atoms with Crippen LogP contribution in [-0.2, 0) is 0 Å². The van der Waals surface area contributed by atoms with Crippen LogP contribution in [0.4, 0.5) is 0 Å². The molecule has 0 atom stereocenters. The Morgan fingerprint density at radius 3 is 3.06 bits per heavy atom. The first-order valence-electron chi connectivity index (χ1n) is 5.52. The molecule has 0 aliphatic carbocycles. The van der Waals surface area contributed by atoms with Gasteiger partial charge in [-0.3, -0.25) is 5.10 Å². The molecule has 6 nitrogen and oxygen atoms in total. The zero-order chi connectivity index (χ0) is 11.9. The number of hydrogen-bond donors (Lipinski definition) is 1. The van der Waals surface area contributed by atoms with E-state index in [1.54, 1.807) is 17.1 Å². The molecule has 0 bridgehead atoms. The minimum Gasteiger partial charge on any atom is -0.261 e. The third-order valence-corrected chi connectivity index (χ3v) is 2.87. The largest absolute Gasteiger partial charge is 0.261 e. The normalized spacial score (nSPS) is 11.3. The molecule has 3 heterocycles. The third-order valence-electron chi connectivity index (χ3n) is 2.87. The molecule has 0 saturated carbocycles. The van der Waals surface area contributed by atoms with Crippen LogP contribution in [0.1, 0.15) is 0 Å². The van der Waals surface area contributed by atoms with Gasteiger partial charge in [0.2, 0.25) is 0 Å². The molecule has 3 aromatic heterocycles. The van der Waals surface area contributed by atoms with Gasteiger partial charge in [0, 0.05) is 5.39 Å². The second-order valence-electron chi connectivity index (χ2n) is 3.99. The SMILES string of the molecule is c1ccc2c(c1)nnn2-c1cnc2[nH]ncc2c1. The monoisotopic (exact) mass is 236 g/mol. The van der Waals surface area contributed by atoms with Crippen molar-refractivity contribution in [2.75, 3.05) is 0 Å². The molecule has 0 fully saturated rings. The Hall–Kier alpha value is -2.76. The second kappa shape index (κ2) is 3.36. The molecular formula is C12H8N6. The summed E-state index contributed by atoms with van der Waals surface area (Å²) in [7, 11) is 0. The summed E-state index contributed by atoms with van der Waals surface area (Å²) in [4.78, 5) is 4.30. The molecular weight excluding hydrogens is 228 g/mol. The van der Waals surface area contributed by atoms with Crippen LogP contribution in [0.25, 0.3) is 27.8 Å². The molecule has 0 radical (unpaired) electrons. The molecule has 86 valence electrons. The molecule has 0 spiro atoms. The van der Waals surface area contributed by atoms with Crippen LogP contribution < -0.4 is 0 Å². The van der Waals surface area contributed by atoms with Gasteiger partial charge in [0.1, 0.15) is 5.52 Å². The molecule has 0 aliphatic heterocycles. The van der Waals surface area contributed by atoms with E-state index in [1.165, 1.54) is 0 Å². The van der Waals surface area contributed by atoms with Crippen molar-refractivity contribution in [2.24, 2.45) is 0 Å². The first kappa shape index (κ1) is 9.29. The number of H-pyrrole nitrogens is 1. The van der Waals surface area contributed by atoms with Gasteiger partial charge in [0.25, 0.3) is 0 Å². The number of fused-ring (bicyclic) bond motifs is 2. The molecule has 0 unspecified atom stereocenters. The van der Waals surface area contributed by atoms with Gasteiger partial charge < -0.3 is 0 Å². The number of rotatable bonds is 1. The van der Waals surface area contributed by atoms with Crippen molar-refractivity contribution in [1.29, 1.82) is 0 Å². The van der Waals surface area contributed by atoms with E-state index < -0.39 is 0 Å². The number of benzene rings is 1. The molecule has 18 heavy (non-hydrogen) atoms. The average molecular weight is 236 g/mol. The van der Waals surface area contributed by atoms with Crippen LogP contribution in [-0.4, -0.2) is 30.2 Å². The first-order valence-corrected chi connectivity index (χ1v) is 5.52. The summed E-state index contributed by atoms with van der Waals surface area (Å²) in [5.74, 6) is 0. The summed E-state index contributed by atoms with van der Waals surface area (Å²) >= 11 is 0. The van der Waals surface area contributed by atoms with Gasteiger partial charge in [-0.05, 0) is 18.2 Å². The van der Waals surface area contributed by atoms with E-state index in [0.717, 1.165) is 27.8 Å². The minimum absolute atomic E-state index is 0.767. The zero-order valence-corrected chi connectivity index (χ0v) is 9.28. The molecule has 6 heteroatoms. The van der Waals surface area contributed by atoms with Crippen molar-refractivity contribution in [1.82, 2.24) is 30.2 Å². The standard InChI is InChI=1S/C12H8N6/c1-2-4-11-10(3-1)15-17-18(11)9-5-8-6-14-16-12(8)13-7-9/h1-7H,(H,13,14,16). The van der Waals surface area contributed by atoms with Gasteiger partial charge in [-0.25, -0.2) is 9.67 Å². The van der Waals surface area contributed by atoms with Gasteiger partial charge in [-0.15, -0.1) is 5.10 Å². The lowest BCUT2D eigenvalue weighted by molar-refractivity contribution is 0.821. The van der Waals surface area contributed by atoms with E-state index in [1.807, 2.05) is 30.3 Å². The number of aromatic nitrogens is 6. The van der Waals surface area contributed by atoms with Crippen molar-refractivity contribution in [2.45, 2.75) is 0 Å². The molecule has 0 aliphatic rings. The van der Waals surface area contributed by atoms with Gasteiger partial charge >= 0.3 is 0 Å². The predicted molar refractivity (Wildman–Crippen MR) is 66.3 cm³/mol.